The van der Waals surface area contributed by atoms with Crippen LogP contribution >= 0.6 is 23.4 Å². The number of nitrogens with zero attached hydrogens (tertiary/aromatic N) is 3. The number of methoxy groups -OCH3 is 1. The van der Waals surface area contributed by atoms with Crippen LogP contribution in [0.15, 0.2) is 58.6 Å². The number of carbonyl (C=O) groups is 1. The van der Waals surface area contributed by atoms with E-state index in [1.807, 2.05) is 18.2 Å². The molecule has 1 aliphatic carbocycles. The number of nitrogen functional groups attached to an aromatic ring is 1. The highest BCUT2D eigenvalue weighted by Crippen LogP contribution is 2.45. The van der Waals surface area contributed by atoms with E-state index in [2.05, 4.69) is 27.6 Å². The molecular formula is C24H23ClN6O4S2. The molecule has 1 saturated carbocycles. The van der Waals surface area contributed by atoms with Crippen molar-refractivity contribution in [1.29, 1.82) is 0 Å². The number of carbonyl (C=O) groups excluding carboxylic acids is 1. The molecule has 0 aliphatic heterocycles. The number of sulfonamides is 1. The van der Waals surface area contributed by atoms with Crippen molar-refractivity contribution in [3.8, 4) is 11.4 Å². The van der Waals surface area contributed by atoms with E-state index in [4.69, 9.17) is 27.2 Å². The van der Waals surface area contributed by atoms with Gasteiger partial charge in [-0.1, -0.05) is 35.5 Å². The molecule has 0 spiro atoms. The number of primary sulfonamides is 1. The van der Waals surface area contributed by atoms with Gasteiger partial charge >= 0.3 is 0 Å². The summed E-state index contributed by atoms with van der Waals surface area (Å²) in [5.41, 5.74) is 8.54. The molecule has 1 fully saturated rings. The second-order valence-electron chi connectivity index (χ2n) is 8.56. The summed E-state index contributed by atoms with van der Waals surface area (Å²) in [5.74, 6) is 1.05. The average molecular weight is 559 g/mol. The van der Waals surface area contributed by atoms with Gasteiger partial charge in [0.05, 0.1) is 34.2 Å². The number of hydrogen-bond donors (Lipinski definition) is 3. The second kappa shape index (κ2) is 9.86. The Balaban J connectivity index is 1.40. The van der Waals surface area contributed by atoms with Gasteiger partial charge in [-0.05, 0) is 66.1 Å². The fourth-order valence-electron chi connectivity index (χ4n) is 4.10. The van der Waals surface area contributed by atoms with Gasteiger partial charge in [0.2, 0.25) is 21.9 Å². The Morgan fingerprint density at radius 3 is 2.62 bits per heavy atom. The number of benzene rings is 3. The van der Waals surface area contributed by atoms with E-state index in [1.165, 1.54) is 36.6 Å². The Labute approximate surface area is 222 Å². The number of amides is 1. The fourth-order valence-corrected chi connectivity index (χ4v) is 5.68. The number of fused-ring (bicyclic) bond motifs is 1. The molecule has 0 unspecified atom stereocenters. The van der Waals surface area contributed by atoms with Gasteiger partial charge in [-0.2, -0.15) is 0 Å². The number of thioether (sulfide) groups is 1. The van der Waals surface area contributed by atoms with Gasteiger partial charge in [0, 0.05) is 5.39 Å². The predicted molar refractivity (Wildman–Crippen MR) is 144 cm³/mol. The maximum Gasteiger partial charge on any atom is 0.238 e. The monoisotopic (exact) mass is 558 g/mol. The topological polar surface area (TPSA) is 155 Å². The summed E-state index contributed by atoms with van der Waals surface area (Å²) in [7, 11) is -2.29. The molecule has 1 aromatic heterocycles. The summed E-state index contributed by atoms with van der Waals surface area (Å²) in [6, 6.07) is 13.9. The lowest BCUT2D eigenvalue weighted by Crippen LogP contribution is -2.16. The van der Waals surface area contributed by atoms with Crippen molar-refractivity contribution in [2.45, 2.75) is 28.8 Å². The molecule has 0 bridgehead atoms. The van der Waals surface area contributed by atoms with Gasteiger partial charge in [0.25, 0.3) is 0 Å². The summed E-state index contributed by atoms with van der Waals surface area (Å²) in [5, 5.41) is 18.5. The fraction of sp³-hybridized carbons (Fsp3) is 0.208. The zero-order valence-corrected chi connectivity index (χ0v) is 22.0. The lowest BCUT2D eigenvalue weighted by atomic mass is 9.99. The zero-order valence-electron chi connectivity index (χ0n) is 19.6. The summed E-state index contributed by atoms with van der Waals surface area (Å²) >= 11 is 7.28. The molecule has 13 heteroatoms. The average Bonchev–Trinajstić information content (AvgIpc) is 3.64. The van der Waals surface area contributed by atoms with Gasteiger partial charge in [-0.3, -0.25) is 9.36 Å². The summed E-state index contributed by atoms with van der Waals surface area (Å²) in [4.78, 5) is 12.5. The van der Waals surface area contributed by atoms with Crippen LogP contribution in [-0.2, 0) is 14.8 Å². The van der Waals surface area contributed by atoms with Crippen LogP contribution in [0.1, 0.15) is 24.3 Å². The number of nitrogens with one attached hydrogen (secondary N) is 1. The Kier molecular flexibility index (Phi) is 6.75. The number of ether oxygens (including phenoxy) is 1. The molecule has 5 rings (SSSR count). The summed E-state index contributed by atoms with van der Waals surface area (Å²) in [6.45, 7) is 0. The molecular weight excluding hydrogens is 536 g/mol. The van der Waals surface area contributed by atoms with Crippen molar-refractivity contribution in [1.82, 2.24) is 14.8 Å². The number of aromatic nitrogens is 3. The van der Waals surface area contributed by atoms with Crippen molar-refractivity contribution in [3.63, 3.8) is 0 Å². The number of hydrogen-bond acceptors (Lipinski definition) is 8. The molecule has 0 atom stereocenters. The van der Waals surface area contributed by atoms with Crippen molar-refractivity contribution >= 4 is 61.7 Å². The quantitative estimate of drug-likeness (QED) is 0.275. The molecule has 1 heterocycles. The highest BCUT2D eigenvalue weighted by Gasteiger charge is 2.27. The Morgan fingerprint density at radius 1 is 1.16 bits per heavy atom. The van der Waals surface area contributed by atoms with Gasteiger partial charge in [0.15, 0.2) is 5.16 Å². The lowest BCUT2D eigenvalue weighted by molar-refractivity contribution is -0.113. The van der Waals surface area contributed by atoms with Gasteiger partial charge < -0.3 is 15.8 Å². The molecule has 0 saturated heterocycles. The molecule has 1 aliphatic rings. The highest BCUT2D eigenvalue weighted by molar-refractivity contribution is 7.99. The van der Waals surface area contributed by atoms with Crippen LogP contribution in [0, 0.1) is 0 Å². The molecule has 192 valence electrons. The van der Waals surface area contributed by atoms with Gasteiger partial charge in [0.1, 0.15) is 5.75 Å². The normalized spacial score (nSPS) is 13.6. The second-order valence-corrected chi connectivity index (χ2v) is 11.5. The predicted octanol–water partition coefficient (Wildman–Crippen LogP) is 3.92. The van der Waals surface area contributed by atoms with E-state index in [1.54, 1.807) is 11.7 Å². The number of rotatable bonds is 8. The first-order valence-corrected chi connectivity index (χ1v) is 14.1. The minimum absolute atomic E-state index is 0.0210. The maximum absolute atomic E-state index is 12.7. The van der Waals surface area contributed by atoms with Crippen LogP contribution in [0.25, 0.3) is 16.5 Å². The van der Waals surface area contributed by atoms with E-state index < -0.39 is 10.0 Å². The van der Waals surface area contributed by atoms with Crippen LogP contribution in [0.4, 0.5) is 11.6 Å². The van der Waals surface area contributed by atoms with Crippen LogP contribution in [0.3, 0.4) is 0 Å². The Morgan fingerprint density at radius 2 is 1.95 bits per heavy atom. The smallest absolute Gasteiger partial charge is 0.238 e. The SMILES string of the molecule is COc1ccc2c(C3CC3)ccc(-n3c(N)nnc3SCC(=O)Nc3ccc(S(N)(=O)=O)cc3Cl)c2c1. The number of nitrogens with two attached hydrogens (primary N) is 2. The molecule has 4 aromatic rings. The van der Waals surface area contributed by atoms with Crippen LogP contribution in [0.2, 0.25) is 5.02 Å². The van der Waals surface area contributed by atoms with E-state index in [0.29, 0.717) is 16.8 Å². The van der Waals surface area contributed by atoms with Gasteiger partial charge in [-0.25, -0.2) is 13.6 Å². The third-order valence-corrected chi connectivity index (χ3v) is 8.18. The molecule has 3 aromatic carbocycles. The minimum atomic E-state index is -3.91. The molecule has 10 nitrogen and oxygen atoms in total. The van der Waals surface area contributed by atoms with Crippen molar-refractivity contribution in [2.24, 2.45) is 5.14 Å². The third-order valence-electron chi connectivity index (χ3n) is 6.03. The van der Waals surface area contributed by atoms with E-state index in [-0.39, 0.29) is 33.2 Å². The zero-order chi connectivity index (χ0) is 26.3. The van der Waals surface area contributed by atoms with E-state index >= 15 is 0 Å². The van der Waals surface area contributed by atoms with Gasteiger partial charge in [-0.15, -0.1) is 10.2 Å². The molecule has 37 heavy (non-hydrogen) atoms. The first-order chi connectivity index (χ1) is 17.7. The van der Waals surface area contributed by atoms with Crippen molar-refractivity contribution in [2.75, 3.05) is 23.9 Å². The first-order valence-electron chi connectivity index (χ1n) is 11.2. The van der Waals surface area contributed by atoms with Crippen molar-refractivity contribution in [3.05, 3.63) is 59.1 Å². The van der Waals surface area contributed by atoms with Crippen LogP contribution in [0.5, 0.6) is 5.75 Å². The number of halogens is 1. The molecule has 5 N–H and O–H groups in total. The summed E-state index contributed by atoms with van der Waals surface area (Å²) in [6.07, 6.45) is 2.33. The van der Waals surface area contributed by atoms with E-state index in [0.717, 1.165) is 28.2 Å². The molecule has 1 amide bonds. The lowest BCUT2D eigenvalue weighted by Gasteiger charge is -2.15. The number of anilines is 2. The largest absolute Gasteiger partial charge is 0.497 e. The van der Waals surface area contributed by atoms with Crippen LogP contribution in [-0.4, -0.2) is 42.0 Å². The third kappa shape index (κ3) is 5.23. The van der Waals surface area contributed by atoms with E-state index in [9.17, 15) is 13.2 Å². The molecule has 0 radical (unpaired) electrons. The maximum atomic E-state index is 12.7. The Hall–Kier alpha value is -3.32. The standard InChI is InChI=1S/C24H23ClN6O4S2/c1-35-14-4-6-17-16(13-2-3-13)7-9-21(18(17)10-14)31-23(26)29-30-24(31)36-12-22(32)28-20-8-5-15(11-19(20)25)37(27,33)34/h4-11,13H,2-3,12H2,1H3,(H2,26,29)(H,28,32)(H2,27,33,34). The minimum Gasteiger partial charge on any atom is -0.497 e. The summed E-state index contributed by atoms with van der Waals surface area (Å²) < 4.78 is 30.2. The highest BCUT2D eigenvalue weighted by atomic mass is 35.5. The Bertz CT molecular complexity index is 1640. The van der Waals surface area contributed by atoms with Crippen LogP contribution < -0.4 is 20.9 Å². The first kappa shape index (κ1) is 25.3. The van der Waals surface area contributed by atoms with Crippen molar-refractivity contribution < 1.29 is 17.9 Å².